The fraction of sp³-hybridized carbons (Fsp3) is 0.750. The van der Waals surface area contributed by atoms with Gasteiger partial charge in [-0.15, -0.1) is 0 Å². The molecule has 0 aromatic carbocycles. The summed E-state index contributed by atoms with van der Waals surface area (Å²) in [4.78, 5) is 10.7. The van der Waals surface area contributed by atoms with Crippen LogP contribution in [0.5, 0.6) is 5.88 Å². The molecule has 0 aliphatic heterocycles. The van der Waals surface area contributed by atoms with Gasteiger partial charge in [0.05, 0.1) is 4.92 Å². The summed E-state index contributed by atoms with van der Waals surface area (Å²) in [6.07, 6.45) is 1.98. The Bertz CT molecular complexity index is 452. The van der Waals surface area contributed by atoms with Gasteiger partial charge in [0.2, 0.25) is 0 Å². The summed E-state index contributed by atoms with van der Waals surface area (Å²) in [5.41, 5.74) is 6.04. The van der Waals surface area contributed by atoms with E-state index in [1.165, 1.54) is 4.68 Å². The molecule has 1 heterocycles. The standard InChI is InChI=1S/C12H22N4O3/c1-5-9-10(16(17)18)11(15(4)14-9)19-8-12(13,6-2)7-3/h5-8,13H2,1-4H3. The fourth-order valence-electron chi connectivity index (χ4n) is 1.80. The van der Waals surface area contributed by atoms with Crippen LogP contribution in [0.25, 0.3) is 0 Å². The number of nitrogens with zero attached hydrogens (tertiary/aromatic N) is 3. The topological polar surface area (TPSA) is 96.2 Å². The Balaban J connectivity index is 3.01. The lowest BCUT2D eigenvalue weighted by Crippen LogP contribution is -2.44. The highest BCUT2D eigenvalue weighted by atomic mass is 16.6. The lowest BCUT2D eigenvalue weighted by molar-refractivity contribution is -0.386. The third-order valence-electron chi connectivity index (χ3n) is 3.46. The van der Waals surface area contributed by atoms with Crippen LogP contribution in [0.2, 0.25) is 0 Å². The highest BCUT2D eigenvalue weighted by molar-refractivity contribution is 5.46. The molecule has 1 aromatic heterocycles. The van der Waals surface area contributed by atoms with Crippen LogP contribution in [0.3, 0.4) is 0 Å². The molecule has 0 saturated heterocycles. The Morgan fingerprint density at radius 3 is 2.42 bits per heavy atom. The van der Waals surface area contributed by atoms with Crippen LogP contribution in [-0.2, 0) is 13.5 Å². The van der Waals surface area contributed by atoms with Crippen molar-refractivity contribution in [1.82, 2.24) is 9.78 Å². The van der Waals surface area contributed by atoms with Crippen molar-refractivity contribution in [2.75, 3.05) is 6.61 Å². The quantitative estimate of drug-likeness (QED) is 0.602. The lowest BCUT2D eigenvalue weighted by Gasteiger charge is -2.26. The Morgan fingerprint density at radius 2 is 2.00 bits per heavy atom. The van der Waals surface area contributed by atoms with E-state index in [9.17, 15) is 10.1 Å². The van der Waals surface area contributed by atoms with Gasteiger partial charge in [-0.2, -0.15) is 5.10 Å². The first-order chi connectivity index (χ1) is 8.88. The summed E-state index contributed by atoms with van der Waals surface area (Å²) < 4.78 is 7.00. The molecule has 0 fully saturated rings. The summed E-state index contributed by atoms with van der Waals surface area (Å²) in [5.74, 6) is 0.179. The third-order valence-corrected chi connectivity index (χ3v) is 3.46. The van der Waals surface area contributed by atoms with Crippen molar-refractivity contribution in [2.45, 2.75) is 45.6 Å². The van der Waals surface area contributed by atoms with Gasteiger partial charge in [0.25, 0.3) is 5.88 Å². The van der Waals surface area contributed by atoms with Gasteiger partial charge >= 0.3 is 5.69 Å². The van der Waals surface area contributed by atoms with E-state index in [0.717, 1.165) is 12.8 Å². The van der Waals surface area contributed by atoms with Gasteiger partial charge in [0, 0.05) is 12.6 Å². The molecule has 0 unspecified atom stereocenters. The maximum atomic E-state index is 11.1. The van der Waals surface area contributed by atoms with Crippen LogP contribution in [0.15, 0.2) is 0 Å². The van der Waals surface area contributed by atoms with E-state index in [-0.39, 0.29) is 18.2 Å². The molecule has 2 N–H and O–H groups in total. The molecule has 19 heavy (non-hydrogen) atoms. The Labute approximate surface area is 112 Å². The minimum atomic E-state index is -0.468. The van der Waals surface area contributed by atoms with E-state index in [1.807, 2.05) is 20.8 Å². The molecule has 0 amide bonds. The van der Waals surface area contributed by atoms with Gasteiger partial charge in [-0.3, -0.25) is 10.1 Å². The fourth-order valence-corrected chi connectivity index (χ4v) is 1.80. The highest BCUT2D eigenvalue weighted by Crippen LogP contribution is 2.31. The largest absolute Gasteiger partial charge is 0.471 e. The number of nitrogens with two attached hydrogens (primary N) is 1. The van der Waals surface area contributed by atoms with Gasteiger partial charge in [0.15, 0.2) is 0 Å². The predicted molar refractivity (Wildman–Crippen MR) is 72.2 cm³/mol. The Kier molecular flexibility index (Phi) is 4.88. The van der Waals surface area contributed by atoms with Crippen LogP contribution < -0.4 is 10.5 Å². The zero-order valence-corrected chi connectivity index (χ0v) is 12.0. The van der Waals surface area contributed by atoms with Crippen molar-refractivity contribution in [3.63, 3.8) is 0 Å². The monoisotopic (exact) mass is 270 g/mol. The number of hydrogen-bond donors (Lipinski definition) is 1. The van der Waals surface area contributed by atoms with Gasteiger partial charge < -0.3 is 10.5 Å². The van der Waals surface area contributed by atoms with E-state index in [0.29, 0.717) is 12.1 Å². The average molecular weight is 270 g/mol. The normalized spacial score (nSPS) is 11.6. The maximum Gasteiger partial charge on any atom is 0.353 e. The molecule has 7 heteroatoms. The number of rotatable bonds is 7. The van der Waals surface area contributed by atoms with E-state index in [1.54, 1.807) is 7.05 Å². The summed E-state index contributed by atoms with van der Waals surface area (Å²) in [5, 5.41) is 15.2. The van der Waals surface area contributed by atoms with Crippen LogP contribution in [-0.4, -0.2) is 26.8 Å². The number of ether oxygens (including phenoxy) is 1. The average Bonchev–Trinajstić information content (AvgIpc) is 2.72. The second-order valence-electron chi connectivity index (χ2n) is 4.69. The molecular formula is C12H22N4O3. The molecule has 0 aliphatic rings. The minimum absolute atomic E-state index is 0.0560. The zero-order valence-electron chi connectivity index (χ0n) is 12.0. The molecule has 0 saturated carbocycles. The van der Waals surface area contributed by atoms with Crippen molar-refractivity contribution in [3.8, 4) is 5.88 Å². The second-order valence-corrected chi connectivity index (χ2v) is 4.69. The van der Waals surface area contributed by atoms with Crippen LogP contribution in [0.1, 0.15) is 39.3 Å². The summed E-state index contributed by atoms with van der Waals surface area (Å²) >= 11 is 0. The molecule has 1 rings (SSSR count). The molecular weight excluding hydrogens is 248 g/mol. The third kappa shape index (κ3) is 3.23. The van der Waals surface area contributed by atoms with Crippen molar-refractivity contribution in [3.05, 3.63) is 15.8 Å². The maximum absolute atomic E-state index is 11.1. The number of aryl methyl sites for hydroxylation is 2. The lowest BCUT2D eigenvalue weighted by atomic mass is 9.96. The first kappa shape index (κ1) is 15.4. The molecule has 0 spiro atoms. The summed E-state index contributed by atoms with van der Waals surface area (Å²) in [7, 11) is 1.64. The first-order valence-electron chi connectivity index (χ1n) is 6.50. The van der Waals surface area contributed by atoms with E-state index >= 15 is 0 Å². The summed E-state index contributed by atoms with van der Waals surface area (Å²) in [6.45, 7) is 6.01. The molecule has 1 aromatic rings. The Morgan fingerprint density at radius 1 is 1.42 bits per heavy atom. The predicted octanol–water partition coefficient (Wildman–Crippen LogP) is 1.79. The summed E-state index contributed by atoms with van der Waals surface area (Å²) in [6, 6.07) is 0. The van der Waals surface area contributed by atoms with Gasteiger partial charge in [-0.1, -0.05) is 20.8 Å². The second kappa shape index (κ2) is 6.01. The molecule has 0 aliphatic carbocycles. The molecule has 0 bridgehead atoms. The smallest absolute Gasteiger partial charge is 0.353 e. The number of aromatic nitrogens is 2. The minimum Gasteiger partial charge on any atom is -0.471 e. The highest BCUT2D eigenvalue weighted by Gasteiger charge is 2.29. The zero-order chi connectivity index (χ0) is 14.6. The van der Waals surface area contributed by atoms with E-state index in [4.69, 9.17) is 10.5 Å². The molecule has 0 atom stereocenters. The molecule has 7 nitrogen and oxygen atoms in total. The van der Waals surface area contributed by atoms with Crippen molar-refractivity contribution < 1.29 is 9.66 Å². The van der Waals surface area contributed by atoms with Crippen molar-refractivity contribution in [1.29, 1.82) is 0 Å². The van der Waals surface area contributed by atoms with E-state index in [2.05, 4.69) is 5.10 Å². The van der Waals surface area contributed by atoms with Crippen molar-refractivity contribution >= 4 is 5.69 Å². The number of nitro groups is 1. The van der Waals surface area contributed by atoms with Gasteiger partial charge in [0.1, 0.15) is 12.3 Å². The molecule has 108 valence electrons. The van der Waals surface area contributed by atoms with Crippen LogP contribution in [0.4, 0.5) is 5.69 Å². The van der Waals surface area contributed by atoms with Gasteiger partial charge in [-0.25, -0.2) is 4.68 Å². The van der Waals surface area contributed by atoms with Crippen LogP contribution in [0, 0.1) is 10.1 Å². The SMILES string of the molecule is CCc1nn(C)c(OCC(N)(CC)CC)c1[N+](=O)[O-]. The van der Waals surface area contributed by atoms with Crippen molar-refractivity contribution in [2.24, 2.45) is 12.8 Å². The van der Waals surface area contributed by atoms with E-state index < -0.39 is 10.5 Å². The number of hydrogen-bond acceptors (Lipinski definition) is 5. The van der Waals surface area contributed by atoms with Gasteiger partial charge in [-0.05, 0) is 19.3 Å². The molecule has 0 radical (unpaired) electrons. The van der Waals surface area contributed by atoms with Crippen LogP contribution >= 0.6 is 0 Å². The Hall–Kier alpha value is -1.63. The first-order valence-corrected chi connectivity index (χ1v) is 6.50.